The Hall–Kier alpha value is -1.79. The van der Waals surface area contributed by atoms with Gasteiger partial charge >= 0.3 is 0 Å². The number of aromatic nitrogens is 1. The molecule has 0 spiro atoms. The number of nitrogens with one attached hydrogen (secondary N) is 2. The molecule has 2 fully saturated rings. The summed E-state index contributed by atoms with van der Waals surface area (Å²) in [5.41, 5.74) is 0. The molecule has 2 amide bonds. The summed E-state index contributed by atoms with van der Waals surface area (Å²) in [6, 6.07) is 4.01. The third kappa shape index (κ3) is 9.93. The lowest BCUT2D eigenvalue weighted by molar-refractivity contribution is -0.125. The van der Waals surface area contributed by atoms with E-state index in [4.69, 9.17) is 23.2 Å². The Kier molecular flexibility index (Phi) is 15.1. The third-order valence-corrected chi connectivity index (χ3v) is 5.90. The van der Waals surface area contributed by atoms with Crippen LogP contribution in [0.25, 0.3) is 0 Å². The first-order valence-electron chi connectivity index (χ1n) is 12.2. The van der Waals surface area contributed by atoms with Crippen LogP contribution in [-0.2, 0) is 9.59 Å². The van der Waals surface area contributed by atoms with Gasteiger partial charge in [-0.2, -0.15) is 0 Å². The summed E-state index contributed by atoms with van der Waals surface area (Å²) in [6.45, 7) is 12.6. The lowest BCUT2D eigenvalue weighted by Gasteiger charge is -2.26. The number of carbonyl (C=O) groups is 2. The molecule has 0 radical (unpaired) electrons. The number of anilines is 1. The lowest BCUT2D eigenvalue weighted by Crippen LogP contribution is -2.44. The Morgan fingerprint density at radius 2 is 1.94 bits per heavy atom. The van der Waals surface area contributed by atoms with E-state index in [1.807, 2.05) is 25.4 Å². The normalized spacial score (nSPS) is 21.7. The van der Waals surface area contributed by atoms with Gasteiger partial charge in [-0.25, -0.2) is 9.37 Å². The quantitative estimate of drug-likeness (QED) is 0.227. The number of carbonyl (C=O) groups excluding carboxylic acids is 2. The Morgan fingerprint density at radius 1 is 1.28 bits per heavy atom. The molecule has 2 heterocycles. The van der Waals surface area contributed by atoms with Crippen LogP contribution in [0.2, 0.25) is 5.15 Å². The molecule has 1 saturated heterocycles. The predicted molar refractivity (Wildman–Crippen MR) is 152 cm³/mol. The van der Waals surface area contributed by atoms with Crippen LogP contribution >= 0.6 is 32.4 Å². The van der Waals surface area contributed by atoms with Gasteiger partial charge in [0.2, 0.25) is 11.8 Å². The summed E-state index contributed by atoms with van der Waals surface area (Å²) < 4.78 is 15.5. The molecule has 1 aliphatic heterocycles. The second-order valence-electron chi connectivity index (χ2n) is 8.06. The highest BCUT2D eigenvalue weighted by atomic mass is 35.5. The molecule has 1 aromatic heterocycles. The van der Waals surface area contributed by atoms with Gasteiger partial charge in [0, 0.05) is 30.6 Å². The number of hydrogen-bond acceptors (Lipinski definition) is 4. The molecule has 3 rings (SSSR count). The van der Waals surface area contributed by atoms with Gasteiger partial charge in [-0.3, -0.25) is 14.5 Å². The van der Waals surface area contributed by atoms with Gasteiger partial charge in [0.15, 0.2) is 0 Å². The first-order chi connectivity index (χ1) is 17.3. The molecule has 1 aromatic rings. The minimum absolute atomic E-state index is 0.235. The summed E-state index contributed by atoms with van der Waals surface area (Å²) >= 11 is 11.7. The van der Waals surface area contributed by atoms with Crippen molar-refractivity contribution in [3.8, 4) is 0 Å². The number of nitrogens with zero attached hydrogens (tertiary/aromatic N) is 2. The highest BCUT2D eigenvalue weighted by molar-refractivity contribution is 7.15. The zero-order valence-electron chi connectivity index (χ0n) is 21.4. The van der Waals surface area contributed by atoms with E-state index < -0.39 is 29.6 Å². The molecular formula is C26H38Cl2FN4O2P. The van der Waals surface area contributed by atoms with E-state index in [0.717, 1.165) is 12.8 Å². The van der Waals surface area contributed by atoms with Crippen molar-refractivity contribution in [3.05, 3.63) is 59.0 Å². The molecule has 4 atom stereocenters. The van der Waals surface area contributed by atoms with Crippen LogP contribution in [0.3, 0.4) is 0 Å². The van der Waals surface area contributed by atoms with Crippen molar-refractivity contribution >= 4 is 50.1 Å². The van der Waals surface area contributed by atoms with Crippen molar-refractivity contribution in [1.82, 2.24) is 15.2 Å². The fourth-order valence-electron chi connectivity index (χ4n) is 4.00. The summed E-state index contributed by atoms with van der Waals surface area (Å²) in [5, 5.41) is 6.00. The minimum atomic E-state index is -0.951. The van der Waals surface area contributed by atoms with Gasteiger partial charge in [-0.15, -0.1) is 9.24 Å². The number of hydrogen-bond donors (Lipinski definition) is 2. The van der Waals surface area contributed by atoms with Crippen molar-refractivity contribution in [2.75, 3.05) is 31.6 Å². The summed E-state index contributed by atoms with van der Waals surface area (Å²) in [7, 11) is 2.42. The molecule has 200 valence electrons. The smallest absolute Gasteiger partial charge is 0.243 e. The van der Waals surface area contributed by atoms with E-state index in [1.165, 1.54) is 18.2 Å². The number of pyridine rings is 1. The van der Waals surface area contributed by atoms with E-state index in [9.17, 15) is 9.59 Å². The molecule has 1 aliphatic carbocycles. The van der Waals surface area contributed by atoms with Crippen molar-refractivity contribution in [3.63, 3.8) is 0 Å². The number of amides is 2. The van der Waals surface area contributed by atoms with E-state index in [-0.39, 0.29) is 21.9 Å². The number of allylic oxidation sites excluding steroid dienone is 4. The Morgan fingerprint density at radius 3 is 2.50 bits per heavy atom. The Bertz CT molecular complexity index is 940. The maximum absolute atomic E-state index is 15.5. The second-order valence-corrected chi connectivity index (χ2v) is 8.93. The lowest BCUT2D eigenvalue weighted by atomic mass is 9.87. The van der Waals surface area contributed by atoms with Crippen LogP contribution in [0, 0.1) is 17.8 Å². The number of rotatable bonds is 9. The fraction of sp³-hybridized carbons (Fsp3) is 0.500. The number of halogens is 3. The van der Waals surface area contributed by atoms with Crippen molar-refractivity contribution in [2.24, 2.45) is 17.8 Å². The summed E-state index contributed by atoms with van der Waals surface area (Å²) in [6.07, 6.45) is 6.25. The molecule has 10 heteroatoms. The van der Waals surface area contributed by atoms with Gasteiger partial charge in [-0.1, -0.05) is 62.4 Å². The van der Waals surface area contributed by atoms with Gasteiger partial charge in [0.1, 0.15) is 16.8 Å². The van der Waals surface area contributed by atoms with Gasteiger partial charge in [0.25, 0.3) is 0 Å². The Labute approximate surface area is 227 Å². The number of likely N-dealkylation sites (tertiary alicyclic amines) is 1. The van der Waals surface area contributed by atoms with Crippen molar-refractivity contribution < 1.29 is 14.0 Å². The molecule has 0 bridgehead atoms. The molecule has 1 saturated carbocycles. The highest BCUT2D eigenvalue weighted by Gasteiger charge is 2.51. The first-order valence-corrected chi connectivity index (χ1v) is 14.1. The topological polar surface area (TPSA) is 74.3 Å². The van der Waals surface area contributed by atoms with Gasteiger partial charge < -0.3 is 10.6 Å². The SMILES string of the molecule is C=C(Cl)/C=C\C=C(/F)C1C(C(=O)Nc2cccc(Cl)n2)N(CC2CC2)C[C@H]1C(=O)NCC.CC.CP. The molecule has 0 aromatic carbocycles. The standard InChI is InChI=1S/C23H27Cl2FN4O2.C2H6.CH5P/c1-3-27-22(31)16-13-30(12-15-10-11-15)21(20(16)17(26)7-4-6-14(2)24)23(32)29-19-9-5-8-18(25)28-19;2*1-2/h4-9,15-16,20-21H,2-3,10-13H2,1H3,(H,27,31)(H,28,29,32);1-2H3;2H2,1H3/b6-4-,17-7-;;/t16-,20?,21?;;/m1../s1. The summed E-state index contributed by atoms with van der Waals surface area (Å²) in [4.78, 5) is 32.2. The van der Waals surface area contributed by atoms with E-state index in [2.05, 4.69) is 31.4 Å². The average Bonchev–Trinajstić information content (AvgIpc) is 3.58. The predicted octanol–water partition coefficient (Wildman–Crippen LogP) is 5.82. The maximum Gasteiger partial charge on any atom is 0.243 e. The fourth-order valence-corrected chi connectivity index (χ4v) is 4.24. The monoisotopic (exact) mass is 558 g/mol. The zero-order valence-corrected chi connectivity index (χ0v) is 24.1. The van der Waals surface area contributed by atoms with Gasteiger partial charge in [0.05, 0.1) is 12.0 Å². The van der Waals surface area contributed by atoms with Crippen LogP contribution in [-0.4, -0.2) is 54.0 Å². The van der Waals surface area contributed by atoms with Gasteiger partial charge in [-0.05, 0) is 50.0 Å². The van der Waals surface area contributed by atoms with Crippen LogP contribution in [0.1, 0.15) is 33.6 Å². The van der Waals surface area contributed by atoms with Crippen LogP contribution in [0.5, 0.6) is 0 Å². The van der Waals surface area contributed by atoms with Crippen molar-refractivity contribution in [1.29, 1.82) is 0 Å². The Balaban J connectivity index is 0.00000154. The molecule has 2 N–H and O–H groups in total. The first kappa shape index (κ1) is 32.2. The van der Waals surface area contributed by atoms with E-state index >= 15 is 4.39 Å². The van der Waals surface area contributed by atoms with Crippen molar-refractivity contribution in [2.45, 2.75) is 39.7 Å². The van der Waals surface area contributed by atoms with Crippen LogP contribution in [0.15, 0.2) is 53.9 Å². The molecule has 36 heavy (non-hydrogen) atoms. The van der Waals surface area contributed by atoms with E-state index in [1.54, 1.807) is 25.1 Å². The molecule has 2 aliphatic rings. The average molecular weight is 559 g/mol. The largest absolute Gasteiger partial charge is 0.356 e. The third-order valence-electron chi connectivity index (χ3n) is 5.56. The maximum atomic E-state index is 15.5. The minimum Gasteiger partial charge on any atom is -0.356 e. The molecule has 3 unspecified atom stereocenters. The van der Waals surface area contributed by atoms with Crippen LogP contribution < -0.4 is 10.6 Å². The molecular weight excluding hydrogens is 521 g/mol. The van der Waals surface area contributed by atoms with Crippen LogP contribution in [0.4, 0.5) is 10.2 Å². The summed E-state index contributed by atoms with van der Waals surface area (Å²) in [5.74, 6) is -2.19. The second kappa shape index (κ2) is 16.9. The molecule has 6 nitrogen and oxygen atoms in total. The highest BCUT2D eigenvalue weighted by Crippen LogP contribution is 2.40. The van der Waals surface area contributed by atoms with E-state index in [0.29, 0.717) is 25.6 Å². The zero-order chi connectivity index (χ0) is 27.3.